The summed E-state index contributed by atoms with van der Waals surface area (Å²) >= 11 is 0. The molecule has 1 aromatic rings. The van der Waals surface area contributed by atoms with E-state index < -0.39 is 42.6 Å². The van der Waals surface area contributed by atoms with Gasteiger partial charge in [-0.1, -0.05) is 30.3 Å². The largest absolute Gasteiger partial charge is 0.481 e. The van der Waals surface area contributed by atoms with Crippen molar-refractivity contribution in [2.45, 2.75) is 24.7 Å². The minimum atomic E-state index is -2.79. The van der Waals surface area contributed by atoms with Crippen molar-refractivity contribution in [1.29, 1.82) is 0 Å². The van der Waals surface area contributed by atoms with Crippen molar-refractivity contribution in [3.8, 4) is 0 Å². The highest BCUT2D eigenvalue weighted by Crippen LogP contribution is 2.20. The lowest BCUT2D eigenvalue weighted by Crippen LogP contribution is -2.43. The molecule has 2 unspecified atom stereocenters. The van der Waals surface area contributed by atoms with Gasteiger partial charge in [-0.05, 0) is 0 Å². The number of aliphatic carboxylic acids is 2. The van der Waals surface area contributed by atoms with E-state index in [1.807, 2.05) is 0 Å². The van der Waals surface area contributed by atoms with Gasteiger partial charge in [0.15, 0.2) is 5.60 Å². The second-order valence-corrected chi connectivity index (χ2v) is 4.34. The number of hydrogen-bond donors (Lipinski definition) is 4. The summed E-state index contributed by atoms with van der Waals surface area (Å²) in [5.74, 6) is -4.69. The lowest BCUT2D eigenvalue weighted by atomic mass is 9.96. The molecular formula is C13H14O8. The molecule has 0 saturated heterocycles. The van der Waals surface area contributed by atoms with E-state index in [4.69, 9.17) is 10.2 Å². The van der Waals surface area contributed by atoms with Crippen LogP contribution in [0.1, 0.15) is 24.7 Å². The number of aliphatic hydroxyl groups excluding tert-OH is 1. The third-order valence-corrected chi connectivity index (χ3v) is 2.61. The van der Waals surface area contributed by atoms with Crippen molar-refractivity contribution < 1.29 is 39.5 Å². The van der Waals surface area contributed by atoms with Crippen LogP contribution in [0.3, 0.4) is 0 Å². The summed E-state index contributed by atoms with van der Waals surface area (Å²) in [6.45, 7) is 0. The number of carbonyl (C=O) groups is 3. The minimum Gasteiger partial charge on any atom is -0.481 e. The Balaban J connectivity index is 2.71. The highest BCUT2D eigenvalue weighted by atomic mass is 16.6. The van der Waals surface area contributed by atoms with E-state index in [9.17, 15) is 24.6 Å². The molecule has 0 aliphatic carbocycles. The Kier molecular flexibility index (Phi) is 5.39. The van der Waals surface area contributed by atoms with E-state index >= 15 is 0 Å². The predicted molar refractivity (Wildman–Crippen MR) is 66.9 cm³/mol. The molecule has 1 rings (SSSR count). The summed E-state index contributed by atoms with van der Waals surface area (Å²) < 4.78 is 4.56. The van der Waals surface area contributed by atoms with Crippen molar-refractivity contribution in [2.75, 3.05) is 0 Å². The molecule has 0 bridgehead atoms. The van der Waals surface area contributed by atoms with Gasteiger partial charge < -0.3 is 25.2 Å². The van der Waals surface area contributed by atoms with Crippen LogP contribution in [0.5, 0.6) is 0 Å². The molecule has 8 nitrogen and oxygen atoms in total. The minimum absolute atomic E-state index is 0.253. The van der Waals surface area contributed by atoms with Gasteiger partial charge in [0, 0.05) is 5.56 Å². The highest BCUT2D eigenvalue weighted by Gasteiger charge is 2.41. The van der Waals surface area contributed by atoms with E-state index in [2.05, 4.69) is 4.74 Å². The molecular weight excluding hydrogens is 284 g/mol. The van der Waals surface area contributed by atoms with Gasteiger partial charge in [-0.25, -0.2) is 4.79 Å². The number of hydrogen-bond acceptors (Lipinski definition) is 6. The smallest absolute Gasteiger partial charge is 0.336 e. The molecule has 2 atom stereocenters. The van der Waals surface area contributed by atoms with Gasteiger partial charge >= 0.3 is 17.9 Å². The average Bonchev–Trinajstić information content (AvgIpc) is 2.38. The molecule has 0 saturated carbocycles. The first-order valence-electron chi connectivity index (χ1n) is 5.84. The van der Waals surface area contributed by atoms with Crippen LogP contribution in [0.4, 0.5) is 0 Å². The fraction of sp³-hybridized carbons (Fsp3) is 0.308. The van der Waals surface area contributed by atoms with Crippen LogP contribution in [-0.2, 0) is 19.1 Å². The van der Waals surface area contributed by atoms with E-state index in [1.54, 1.807) is 18.2 Å². The summed E-state index contributed by atoms with van der Waals surface area (Å²) in [5, 5.41) is 36.6. The van der Waals surface area contributed by atoms with E-state index in [0.29, 0.717) is 0 Å². The zero-order chi connectivity index (χ0) is 16.0. The first-order chi connectivity index (χ1) is 9.74. The molecule has 4 N–H and O–H groups in total. The molecule has 0 aliphatic rings. The van der Waals surface area contributed by atoms with E-state index in [-0.39, 0.29) is 5.56 Å². The van der Waals surface area contributed by atoms with Crippen LogP contribution >= 0.6 is 0 Å². The maximum absolute atomic E-state index is 11.5. The molecule has 0 spiro atoms. The Morgan fingerprint density at radius 1 is 1.10 bits per heavy atom. The van der Waals surface area contributed by atoms with Crippen molar-refractivity contribution in [2.24, 2.45) is 0 Å². The molecule has 21 heavy (non-hydrogen) atoms. The van der Waals surface area contributed by atoms with E-state index in [1.165, 1.54) is 12.1 Å². The second-order valence-electron chi connectivity index (χ2n) is 4.34. The molecule has 0 aromatic heterocycles. The second kappa shape index (κ2) is 6.82. The maximum atomic E-state index is 11.5. The fourth-order valence-electron chi connectivity index (χ4n) is 1.55. The molecule has 8 heteroatoms. The summed E-state index contributed by atoms with van der Waals surface area (Å²) in [7, 11) is 0. The van der Waals surface area contributed by atoms with Gasteiger partial charge in [0.05, 0.1) is 12.8 Å². The van der Waals surface area contributed by atoms with Gasteiger partial charge in [-0.2, -0.15) is 0 Å². The third kappa shape index (κ3) is 4.86. The van der Waals surface area contributed by atoms with Crippen molar-refractivity contribution in [3.05, 3.63) is 35.9 Å². The first kappa shape index (κ1) is 16.6. The van der Waals surface area contributed by atoms with Crippen molar-refractivity contribution in [1.82, 2.24) is 0 Å². The molecule has 0 amide bonds. The van der Waals surface area contributed by atoms with Crippen LogP contribution < -0.4 is 0 Å². The van der Waals surface area contributed by atoms with Gasteiger partial charge in [0.25, 0.3) is 0 Å². The summed E-state index contributed by atoms with van der Waals surface area (Å²) in [6.07, 6.45) is -3.90. The average molecular weight is 298 g/mol. The molecule has 114 valence electrons. The molecule has 0 radical (unpaired) electrons. The van der Waals surface area contributed by atoms with Crippen LogP contribution in [0.25, 0.3) is 0 Å². The summed E-state index contributed by atoms with van der Waals surface area (Å²) in [5.41, 5.74) is -2.54. The Hall–Kier alpha value is -2.45. The summed E-state index contributed by atoms with van der Waals surface area (Å²) in [4.78, 5) is 32.9. The fourth-order valence-corrected chi connectivity index (χ4v) is 1.55. The topological polar surface area (TPSA) is 141 Å². The monoisotopic (exact) mass is 298 g/mol. The number of carboxylic acids is 2. The number of esters is 1. The maximum Gasteiger partial charge on any atom is 0.336 e. The highest BCUT2D eigenvalue weighted by molar-refractivity contribution is 5.88. The van der Waals surface area contributed by atoms with Crippen LogP contribution in [0, 0.1) is 0 Å². The number of carboxylic acid groups (broad SMARTS) is 2. The van der Waals surface area contributed by atoms with Crippen LogP contribution in [0.15, 0.2) is 30.3 Å². The zero-order valence-corrected chi connectivity index (χ0v) is 10.8. The zero-order valence-electron chi connectivity index (χ0n) is 10.8. The normalized spacial score (nSPS) is 14.8. The lowest BCUT2D eigenvalue weighted by Gasteiger charge is -2.21. The van der Waals surface area contributed by atoms with Gasteiger partial charge in [0.1, 0.15) is 0 Å². The number of rotatable bonds is 7. The number of carbonyl (C=O) groups excluding carboxylic acids is 1. The van der Waals surface area contributed by atoms with Gasteiger partial charge in [0.2, 0.25) is 6.29 Å². The van der Waals surface area contributed by atoms with Crippen LogP contribution in [0.2, 0.25) is 0 Å². The standard InChI is InChI=1S/C13H14O8/c14-9(15)6-13(20,12(18)19)7-10(16)21-11(17)8-4-2-1-3-5-8/h1-5,11,17,20H,6-7H2,(H,14,15)(H,18,19). The quantitative estimate of drug-likeness (QED) is 0.404. The summed E-state index contributed by atoms with van der Waals surface area (Å²) in [6, 6.07) is 7.79. The number of benzene rings is 1. The predicted octanol–water partition coefficient (Wildman–Crippen LogP) is -0.0988. The van der Waals surface area contributed by atoms with Crippen molar-refractivity contribution >= 4 is 17.9 Å². The molecule has 1 aromatic carbocycles. The van der Waals surface area contributed by atoms with E-state index in [0.717, 1.165) is 0 Å². The van der Waals surface area contributed by atoms with Crippen molar-refractivity contribution in [3.63, 3.8) is 0 Å². The van der Waals surface area contributed by atoms with Gasteiger partial charge in [-0.3, -0.25) is 9.59 Å². The Labute approximate surface area is 119 Å². The Morgan fingerprint density at radius 3 is 2.14 bits per heavy atom. The molecule has 0 aliphatic heterocycles. The number of ether oxygens (including phenoxy) is 1. The lowest BCUT2D eigenvalue weighted by molar-refractivity contribution is -0.182. The molecule has 0 heterocycles. The Bertz CT molecular complexity index is 526. The SMILES string of the molecule is O=C(O)CC(O)(CC(=O)OC(O)c1ccccc1)C(=O)O. The Morgan fingerprint density at radius 2 is 1.67 bits per heavy atom. The number of aliphatic hydroxyl groups is 2. The molecule has 0 fully saturated rings. The third-order valence-electron chi connectivity index (χ3n) is 2.61. The first-order valence-corrected chi connectivity index (χ1v) is 5.84. The van der Waals surface area contributed by atoms with Gasteiger partial charge in [-0.15, -0.1) is 0 Å². The van der Waals surface area contributed by atoms with Crippen LogP contribution in [-0.4, -0.2) is 43.9 Å².